The first kappa shape index (κ1) is 15.7. The van der Waals surface area contributed by atoms with Crippen LogP contribution in [-0.4, -0.2) is 37.9 Å². The minimum Gasteiger partial charge on any atom is -0.482 e. The molecular weight excluding hydrogens is 308 g/mol. The molecule has 1 amide bonds. The molecule has 0 unspecified atom stereocenters. The largest absolute Gasteiger partial charge is 0.482 e. The summed E-state index contributed by atoms with van der Waals surface area (Å²) in [6.45, 7) is -0.964. The number of hydrogen-bond acceptors (Lipinski definition) is 4. The Hall–Kier alpha value is -1.73. The highest BCUT2D eigenvalue weighted by atomic mass is 35.5. The molecule has 0 fully saturated rings. The molecule has 2 rings (SSSR count). The first-order valence-electron chi connectivity index (χ1n) is 6.12. The van der Waals surface area contributed by atoms with Crippen molar-refractivity contribution < 1.29 is 27.8 Å². The summed E-state index contributed by atoms with van der Waals surface area (Å²) >= 11 is 5.98. The molecule has 0 radical (unpaired) electrons. The Morgan fingerprint density at radius 3 is 2.95 bits per heavy atom. The molecule has 1 aromatic rings. The molecule has 0 saturated carbocycles. The van der Waals surface area contributed by atoms with E-state index in [4.69, 9.17) is 16.3 Å². The minimum absolute atomic E-state index is 0.0718. The summed E-state index contributed by atoms with van der Waals surface area (Å²) < 4.78 is 33.6. The second-order valence-corrected chi connectivity index (χ2v) is 4.71. The number of halogens is 3. The lowest BCUT2D eigenvalue weighted by atomic mass is 10.1. The molecular formula is C13H12ClF2NO4. The van der Waals surface area contributed by atoms with Crippen LogP contribution in [0.15, 0.2) is 12.1 Å². The van der Waals surface area contributed by atoms with Crippen LogP contribution in [0.1, 0.15) is 16.8 Å². The number of rotatable bonds is 6. The highest BCUT2D eigenvalue weighted by molar-refractivity contribution is 6.34. The Balaban J connectivity index is 2.02. The minimum atomic E-state index is -2.57. The van der Waals surface area contributed by atoms with Crippen LogP contribution in [0.2, 0.25) is 5.02 Å². The van der Waals surface area contributed by atoms with Gasteiger partial charge < -0.3 is 14.8 Å². The van der Waals surface area contributed by atoms with E-state index in [9.17, 15) is 18.4 Å². The fourth-order valence-corrected chi connectivity index (χ4v) is 2.05. The lowest BCUT2D eigenvalue weighted by Gasteiger charge is -2.19. The lowest BCUT2D eigenvalue weighted by Crippen LogP contribution is -2.25. The number of fused-ring (bicyclic) bond motifs is 1. The predicted molar refractivity (Wildman–Crippen MR) is 71.3 cm³/mol. The Morgan fingerprint density at radius 2 is 2.24 bits per heavy atom. The standard InChI is InChI=1S/C13H12ClF2NO4/c14-8-4-9-11(21-6-13(19)17-9)3-7(8)10(18)1-2-20-5-12(15)16/h3-4,12H,1-2,5-6H2,(H,17,19). The van der Waals surface area contributed by atoms with Crippen molar-refractivity contribution in [3.63, 3.8) is 0 Å². The molecule has 114 valence electrons. The summed E-state index contributed by atoms with van der Waals surface area (Å²) in [5.74, 6) is -0.313. The summed E-state index contributed by atoms with van der Waals surface area (Å²) in [6.07, 6.45) is -2.64. The van der Waals surface area contributed by atoms with Crippen LogP contribution in [-0.2, 0) is 9.53 Å². The van der Waals surface area contributed by atoms with Crippen LogP contribution in [0.3, 0.4) is 0 Å². The molecule has 1 aliphatic heterocycles. The van der Waals surface area contributed by atoms with Gasteiger partial charge in [-0.15, -0.1) is 0 Å². The van der Waals surface area contributed by atoms with Crippen LogP contribution in [0.4, 0.5) is 14.5 Å². The third-order valence-electron chi connectivity index (χ3n) is 2.72. The summed E-state index contributed by atoms with van der Waals surface area (Å²) in [6, 6.07) is 2.84. The highest BCUT2D eigenvalue weighted by Gasteiger charge is 2.20. The number of carbonyl (C=O) groups is 2. The van der Waals surface area contributed by atoms with Gasteiger partial charge in [-0.25, -0.2) is 8.78 Å². The molecule has 0 spiro atoms. The van der Waals surface area contributed by atoms with Gasteiger partial charge in [0, 0.05) is 12.0 Å². The second-order valence-electron chi connectivity index (χ2n) is 4.30. The van der Waals surface area contributed by atoms with Gasteiger partial charge in [-0.3, -0.25) is 9.59 Å². The Labute approximate surface area is 124 Å². The van der Waals surface area contributed by atoms with Gasteiger partial charge in [0.25, 0.3) is 12.3 Å². The maximum atomic E-state index is 12.0. The number of benzene rings is 1. The van der Waals surface area contributed by atoms with Crippen molar-refractivity contribution in [2.45, 2.75) is 12.8 Å². The van der Waals surface area contributed by atoms with Crippen molar-refractivity contribution in [2.24, 2.45) is 0 Å². The van der Waals surface area contributed by atoms with Crippen molar-refractivity contribution in [1.29, 1.82) is 0 Å². The van der Waals surface area contributed by atoms with Crippen molar-refractivity contribution in [3.8, 4) is 5.75 Å². The van der Waals surface area contributed by atoms with E-state index in [1.807, 2.05) is 0 Å². The normalized spacial score (nSPS) is 13.6. The van der Waals surface area contributed by atoms with Crippen molar-refractivity contribution in [3.05, 3.63) is 22.7 Å². The van der Waals surface area contributed by atoms with Crippen LogP contribution >= 0.6 is 11.6 Å². The van der Waals surface area contributed by atoms with Gasteiger partial charge in [0.15, 0.2) is 12.4 Å². The van der Waals surface area contributed by atoms with E-state index >= 15 is 0 Å². The fourth-order valence-electron chi connectivity index (χ4n) is 1.79. The molecule has 1 N–H and O–H groups in total. The Bertz CT molecular complexity index is 565. The lowest BCUT2D eigenvalue weighted by molar-refractivity contribution is -0.118. The number of amides is 1. The van der Waals surface area contributed by atoms with Crippen LogP contribution < -0.4 is 10.1 Å². The summed E-state index contributed by atoms with van der Waals surface area (Å²) in [5, 5.41) is 2.72. The summed E-state index contributed by atoms with van der Waals surface area (Å²) in [5.41, 5.74) is 0.592. The van der Waals surface area contributed by atoms with E-state index in [2.05, 4.69) is 10.1 Å². The van der Waals surface area contributed by atoms with Gasteiger partial charge in [0.1, 0.15) is 12.4 Å². The molecule has 21 heavy (non-hydrogen) atoms. The SMILES string of the molecule is O=C1COc2cc(C(=O)CCOCC(F)F)c(Cl)cc2N1. The zero-order valence-electron chi connectivity index (χ0n) is 10.8. The van der Waals surface area contributed by atoms with Crippen molar-refractivity contribution in [2.75, 3.05) is 25.1 Å². The Morgan fingerprint density at radius 1 is 1.48 bits per heavy atom. The third kappa shape index (κ3) is 4.12. The average Bonchev–Trinajstić information content (AvgIpc) is 2.42. The van der Waals surface area contributed by atoms with Gasteiger partial charge in [-0.05, 0) is 12.1 Å². The topological polar surface area (TPSA) is 64.6 Å². The van der Waals surface area contributed by atoms with E-state index < -0.39 is 13.0 Å². The average molecular weight is 320 g/mol. The molecule has 5 nitrogen and oxygen atoms in total. The molecule has 1 aromatic carbocycles. The summed E-state index contributed by atoms with van der Waals surface area (Å²) in [4.78, 5) is 23.1. The maximum Gasteiger partial charge on any atom is 0.262 e. The van der Waals surface area contributed by atoms with Gasteiger partial charge >= 0.3 is 0 Å². The number of ketones is 1. The monoisotopic (exact) mass is 319 g/mol. The molecule has 0 saturated heterocycles. The Kier molecular flexibility index (Phi) is 5.08. The summed E-state index contributed by atoms with van der Waals surface area (Å²) in [7, 11) is 0. The van der Waals surface area contributed by atoms with E-state index in [0.717, 1.165) is 0 Å². The van der Waals surface area contributed by atoms with Crippen molar-refractivity contribution in [1.82, 2.24) is 0 Å². The highest BCUT2D eigenvalue weighted by Crippen LogP contribution is 2.33. The van der Waals surface area contributed by atoms with Crippen molar-refractivity contribution >= 4 is 29.0 Å². The maximum absolute atomic E-state index is 12.0. The van der Waals surface area contributed by atoms with Crippen LogP contribution in [0.5, 0.6) is 5.75 Å². The quantitative estimate of drug-likeness (QED) is 0.646. The van der Waals surface area contributed by atoms with E-state index in [0.29, 0.717) is 11.4 Å². The first-order chi connectivity index (χ1) is 9.97. The third-order valence-corrected chi connectivity index (χ3v) is 3.03. The first-order valence-corrected chi connectivity index (χ1v) is 6.50. The van der Waals surface area contributed by atoms with E-state index in [-0.39, 0.29) is 41.9 Å². The molecule has 0 bridgehead atoms. The molecule has 8 heteroatoms. The zero-order chi connectivity index (χ0) is 15.4. The number of hydrogen-bond donors (Lipinski definition) is 1. The number of nitrogens with one attached hydrogen (secondary N) is 1. The molecule has 0 aromatic heterocycles. The number of anilines is 1. The second kappa shape index (κ2) is 6.82. The van der Waals surface area contributed by atoms with E-state index in [1.54, 1.807) is 0 Å². The molecule has 1 aliphatic rings. The fraction of sp³-hybridized carbons (Fsp3) is 0.385. The van der Waals surface area contributed by atoms with Crippen LogP contribution in [0, 0.1) is 0 Å². The molecule has 1 heterocycles. The number of ether oxygens (including phenoxy) is 2. The number of alkyl halides is 2. The number of carbonyl (C=O) groups excluding carboxylic acids is 2. The zero-order valence-corrected chi connectivity index (χ0v) is 11.6. The van der Waals surface area contributed by atoms with Gasteiger partial charge in [0.05, 0.1) is 17.3 Å². The van der Waals surface area contributed by atoms with Gasteiger partial charge in [-0.2, -0.15) is 0 Å². The molecule has 0 aliphatic carbocycles. The van der Waals surface area contributed by atoms with Crippen LogP contribution in [0.25, 0.3) is 0 Å². The predicted octanol–water partition coefficient (Wildman–Crippen LogP) is 2.53. The molecule has 0 atom stereocenters. The smallest absolute Gasteiger partial charge is 0.262 e. The number of Topliss-reactive ketones (excluding diaryl/α,β-unsaturated/α-hetero) is 1. The van der Waals surface area contributed by atoms with Gasteiger partial charge in [-0.1, -0.05) is 11.6 Å². The van der Waals surface area contributed by atoms with Gasteiger partial charge in [0.2, 0.25) is 0 Å². The van der Waals surface area contributed by atoms with E-state index in [1.165, 1.54) is 12.1 Å².